The number of alkyl halides is 3. The highest BCUT2D eigenvalue weighted by Crippen LogP contribution is 2.30. The van der Waals surface area contributed by atoms with E-state index in [1.165, 1.54) is 18.2 Å². The summed E-state index contributed by atoms with van der Waals surface area (Å²) in [5, 5.41) is 5.00. The first kappa shape index (κ1) is 18.5. The first-order valence-corrected chi connectivity index (χ1v) is 6.78. The summed E-state index contributed by atoms with van der Waals surface area (Å²) in [5.41, 5.74) is -0.0473. The third-order valence-corrected chi connectivity index (χ3v) is 2.90. The topological polar surface area (TPSA) is 58.2 Å². The molecule has 0 atom stereocenters. The number of nitrogens with one attached hydrogen (secondary N) is 2. The van der Waals surface area contributed by atoms with E-state index in [2.05, 4.69) is 17.2 Å². The molecule has 1 aromatic rings. The summed E-state index contributed by atoms with van der Waals surface area (Å²) in [6, 6.07) is 4.75. The van der Waals surface area contributed by atoms with Crippen LogP contribution in [0.4, 0.5) is 13.2 Å². The van der Waals surface area contributed by atoms with Gasteiger partial charge in [-0.1, -0.05) is 18.7 Å². The zero-order valence-electron chi connectivity index (χ0n) is 12.5. The van der Waals surface area contributed by atoms with Gasteiger partial charge in [0.2, 0.25) is 11.8 Å². The molecule has 124 valence electrons. The molecule has 1 aromatic carbocycles. The van der Waals surface area contributed by atoms with Gasteiger partial charge >= 0.3 is 6.18 Å². The fourth-order valence-electron chi connectivity index (χ4n) is 1.72. The lowest BCUT2D eigenvalue weighted by Gasteiger charge is -2.09. The van der Waals surface area contributed by atoms with Crippen molar-refractivity contribution in [1.82, 2.24) is 10.6 Å². The Morgan fingerprint density at radius 2 is 1.78 bits per heavy atom. The average Bonchev–Trinajstić information content (AvgIpc) is 2.50. The molecule has 0 unspecified atom stereocenters. The molecule has 23 heavy (non-hydrogen) atoms. The Labute approximate surface area is 132 Å². The summed E-state index contributed by atoms with van der Waals surface area (Å²) < 4.78 is 38.0. The van der Waals surface area contributed by atoms with E-state index < -0.39 is 17.6 Å². The van der Waals surface area contributed by atoms with Crippen molar-refractivity contribution in [3.05, 3.63) is 54.1 Å². The van der Waals surface area contributed by atoms with Crippen molar-refractivity contribution in [2.45, 2.75) is 13.1 Å². The van der Waals surface area contributed by atoms with E-state index in [0.717, 1.165) is 18.2 Å². The monoisotopic (exact) mass is 326 g/mol. The summed E-state index contributed by atoms with van der Waals surface area (Å²) >= 11 is 0. The van der Waals surface area contributed by atoms with Gasteiger partial charge < -0.3 is 10.6 Å². The molecule has 0 aliphatic rings. The Kier molecular flexibility index (Phi) is 6.56. The Balaban J connectivity index is 2.64. The Bertz CT molecular complexity index is 622. The second kappa shape index (κ2) is 8.17. The van der Waals surface area contributed by atoms with E-state index in [-0.39, 0.29) is 19.0 Å². The fraction of sp³-hybridized carbons (Fsp3) is 0.250. The number of hydrogen-bond acceptors (Lipinski definition) is 2. The number of hydrogen-bond donors (Lipinski definition) is 2. The van der Waals surface area contributed by atoms with Crippen LogP contribution < -0.4 is 10.6 Å². The van der Waals surface area contributed by atoms with E-state index in [9.17, 15) is 22.8 Å². The highest BCUT2D eigenvalue weighted by molar-refractivity contribution is 5.94. The molecule has 0 bridgehead atoms. The van der Waals surface area contributed by atoms with E-state index in [0.29, 0.717) is 11.1 Å². The number of halogens is 3. The largest absolute Gasteiger partial charge is 0.416 e. The zero-order chi connectivity index (χ0) is 17.5. The molecule has 0 fully saturated rings. The van der Waals surface area contributed by atoms with Crippen molar-refractivity contribution in [2.24, 2.45) is 0 Å². The van der Waals surface area contributed by atoms with Gasteiger partial charge in [0.25, 0.3) is 0 Å². The van der Waals surface area contributed by atoms with Crippen molar-refractivity contribution < 1.29 is 22.8 Å². The number of rotatable bonds is 6. The number of carbonyl (C=O) groups excluding carboxylic acids is 2. The molecule has 2 N–H and O–H groups in total. The molecule has 0 spiro atoms. The van der Waals surface area contributed by atoms with Crippen molar-refractivity contribution in [3.8, 4) is 0 Å². The molecule has 0 saturated carbocycles. The van der Waals surface area contributed by atoms with Crippen LogP contribution in [0.25, 0.3) is 5.57 Å². The van der Waals surface area contributed by atoms with Gasteiger partial charge in [0.05, 0.1) is 5.56 Å². The van der Waals surface area contributed by atoms with Gasteiger partial charge in [0.1, 0.15) is 0 Å². The molecular weight excluding hydrogens is 309 g/mol. The van der Waals surface area contributed by atoms with Gasteiger partial charge in [-0.3, -0.25) is 9.59 Å². The van der Waals surface area contributed by atoms with Crippen LogP contribution >= 0.6 is 0 Å². The normalized spacial score (nSPS) is 11.7. The average molecular weight is 326 g/mol. The summed E-state index contributed by atoms with van der Waals surface area (Å²) in [7, 11) is 0. The third kappa shape index (κ3) is 6.37. The van der Waals surface area contributed by atoms with Crippen LogP contribution in [0.5, 0.6) is 0 Å². The quantitative estimate of drug-likeness (QED) is 0.623. The molecule has 0 radical (unpaired) electrons. The van der Waals surface area contributed by atoms with E-state index in [4.69, 9.17) is 0 Å². The van der Waals surface area contributed by atoms with Crippen molar-refractivity contribution >= 4 is 17.4 Å². The van der Waals surface area contributed by atoms with Crippen molar-refractivity contribution in [2.75, 3.05) is 13.1 Å². The summed E-state index contributed by atoms with van der Waals surface area (Å²) in [4.78, 5) is 22.6. The van der Waals surface area contributed by atoms with Gasteiger partial charge in [-0.15, -0.1) is 0 Å². The molecular formula is C16H17F3N2O2. The van der Waals surface area contributed by atoms with Gasteiger partial charge in [-0.05, 0) is 36.3 Å². The van der Waals surface area contributed by atoms with Crippen LogP contribution in [0.1, 0.15) is 18.1 Å². The molecule has 0 aliphatic carbocycles. The Morgan fingerprint density at radius 3 is 2.35 bits per heavy atom. The lowest BCUT2D eigenvalue weighted by atomic mass is 10.0. The second-order valence-electron chi connectivity index (χ2n) is 4.69. The van der Waals surface area contributed by atoms with E-state index >= 15 is 0 Å². The van der Waals surface area contributed by atoms with Crippen LogP contribution in [-0.2, 0) is 15.8 Å². The molecule has 0 aromatic heterocycles. The van der Waals surface area contributed by atoms with Gasteiger partial charge in [-0.25, -0.2) is 0 Å². The fourth-order valence-corrected chi connectivity index (χ4v) is 1.72. The highest BCUT2D eigenvalue weighted by Gasteiger charge is 2.30. The lowest BCUT2D eigenvalue weighted by Crippen LogP contribution is -2.33. The first-order valence-electron chi connectivity index (χ1n) is 6.78. The first-order chi connectivity index (χ1) is 10.7. The maximum Gasteiger partial charge on any atom is 0.416 e. The SMILES string of the molecule is C=CC(=O)NCCNC(=O)/C=C(\C)c1cccc(C(F)(F)F)c1. The predicted molar refractivity (Wildman–Crippen MR) is 81.3 cm³/mol. The maximum absolute atomic E-state index is 12.7. The molecule has 0 heterocycles. The number of benzene rings is 1. The molecule has 4 nitrogen and oxygen atoms in total. The molecule has 2 amide bonds. The van der Waals surface area contributed by atoms with Crippen LogP contribution in [0.2, 0.25) is 0 Å². The summed E-state index contributed by atoms with van der Waals surface area (Å²) in [6.07, 6.45) is -2.10. The van der Waals surface area contributed by atoms with Gasteiger partial charge in [0, 0.05) is 19.2 Å². The molecule has 0 saturated heterocycles. The predicted octanol–water partition coefficient (Wildman–Crippen LogP) is 2.53. The number of carbonyl (C=O) groups is 2. The third-order valence-electron chi connectivity index (χ3n) is 2.90. The molecule has 1 rings (SSSR count). The smallest absolute Gasteiger partial charge is 0.351 e. The van der Waals surface area contributed by atoms with Crippen LogP contribution in [0, 0.1) is 0 Å². The number of allylic oxidation sites excluding steroid dienone is 1. The molecule has 0 aliphatic heterocycles. The number of amides is 2. The van der Waals surface area contributed by atoms with Gasteiger partial charge in [-0.2, -0.15) is 13.2 Å². The van der Waals surface area contributed by atoms with Crippen molar-refractivity contribution in [1.29, 1.82) is 0 Å². The van der Waals surface area contributed by atoms with E-state index in [1.807, 2.05) is 0 Å². The summed E-state index contributed by atoms with van der Waals surface area (Å²) in [5.74, 6) is -0.803. The Hall–Kier alpha value is -2.57. The van der Waals surface area contributed by atoms with Crippen LogP contribution in [0.3, 0.4) is 0 Å². The van der Waals surface area contributed by atoms with Gasteiger partial charge in [0.15, 0.2) is 0 Å². The minimum Gasteiger partial charge on any atom is -0.351 e. The lowest BCUT2D eigenvalue weighted by molar-refractivity contribution is -0.137. The highest BCUT2D eigenvalue weighted by atomic mass is 19.4. The summed E-state index contributed by atoms with van der Waals surface area (Å²) in [6.45, 7) is 5.26. The Morgan fingerprint density at radius 1 is 1.17 bits per heavy atom. The van der Waals surface area contributed by atoms with Crippen molar-refractivity contribution in [3.63, 3.8) is 0 Å². The van der Waals surface area contributed by atoms with Crippen LogP contribution in [0.15, 0.2) is 43.0 Å². The maximum atomic E-state index is 12.7. The molecule has 7 heteroatoms. The zero-order valence-corrected chi connectivity index (χ0v) is 12.5. The van der Waals surface area contributed by atoms with Crippen LogP contribution in [-0.4, -0.2) is 24.9 Å². The van der Waals surface area contributed by atoms with E-state index in [1.54, 1.807) is 6.92 Å². The minimum atomic E-state index is -4.43. The standard InChI is InChI=1S/C16H17F3N2O2/c1-3-14(22)20-7-8-21-15(23)9-11(2)12-5-4-6-13(10-12)16(17,18)19/h3-6,9-10H,1,7-8H2,2H3,(H,20,22)(H,21,23)/b11-9+. The minimum absolute atomic E-state index is 0.199. The second-order valence-corrected chi connectivity index (χ2v) is 4.69.